The molecule has 0 aromatic rings. The van der Waals surface area contributed by atoms with Gasteiger partial charge in [0.1, 0.15) is 0 Å². The summed E-state index contributed by atoms with van der Waals surface area (Å²) in [6.45, 7) is 2.01. The number of carbonyl (C=O) groups is 1. The molecular formula is C13H23Cl2NO. The highest BCUT2D eigenvalue weighted by Gasteiger charge is 2.31. The Morgan fingerprint density at radius 3 is 2.12 bits per heavy atom. The Balaban J connectivity index is 2.56. The Morgan fingerprint density at radius 1 is 1.18 bits per heavy atom. The van der Waals surface area contributed by atoms with Crippen molar-refractivity contribution < 1.29 is 4.79 Å². The van der Waals surface area contributed by atoms with Crippen molar-refractivity contribution in [3.63, 3.8) is 0 Å². The Kier molecular flexibility index (Phi) is 6.65. The highest BCUT2D eigenvalue weighted by Crippen LogP contribution is 2.24. The van der Waals surface area contributed by atoms with Crippen molar-refractivity contribution in [2.45, 2.75) is 57.4 Å². The fourth-order valence-electron chi connectivity index (χ4n) is 2.28. The second-order valence-corrected chi connectivity index (χ2v) is 5.61. The molecule has 1 fully saturated rings. The van der Waals surface area contributed by atoms with Gasteiger partial charge in [0.2, 0.25) is 5.91 Å². The van der Waals surface area contributed by atoms with Crippen LogP contribution in [0.1, 0.15) is 51.9 Å². The lowest BCUT2D eigenvalue weighted by Gasteiger charge is -2.31. The molecule has 0 heterocycles. The van der Waals surface area contributed by atoms with Gasteiger partial charge < -0.3 is 5.32 Å². The Bertz CT molecular complexity index is 225. The zero-order valence-electron chi connectivity index (χ0n) is 10.6. The van der Waals surface area contributed by atoms with E-state index in [4.69, 9.17) is 23.2 Å². The second-order valence-electron chi connectivity index (χ2n) is 5.08. The zero-order chi connectivity index (χ0) is 12.7. The lowest BCUT2D eigenvalue weighted by molar-refractivity contribution is -0.127. The van der Waals surface area contributed by atoms with E-state index in [1.54, 1.807) is 0 Å². The van der Waals surface area contributed by atoms with Crippen molar-refractivity contribution in [1.82, 2.24) is 5.32 Å². The average Bonchev–Trinajstić information content (AvgIpc) is 2.65. The van der Waals surface area contributed by atoms with E-state index in [0.717, 1.165) is 19.3 Å². The van der Waals surface area contributed by atoms with Crippen molar-refractivity contribution >= 4 is 29.1 Å². The summed E-state index contributed by atoms with van der Waals surface area (Å²) in [6, 6.07) is 0. The molecule has 100 valence electrons. The number of nitrogens with one attached hydrogen (secondary N) is 1. The summed E-state index contributed by atoms with van der Waals surface area (Å²) in [7, 11) is 0. The van der Waals surface area contributed by atoms with E-state index in [1.807, 2.05) is 6.92 Å². The molecule has 1 N–H and O–H groups in total. The predicted octanol–water partition coefficient (Wildman–Crippen LogP) is 3.70. The Hall–Kier alpha value is 0.0500. The van der Waals surface area contributed by atoms with Gasteiger partial charge in [-0.25, -0.2) is 0 Å². The van der Waals surface area contributed by atoms with Crippen LogP contribution in [0.15, 0.2) is 0 Å². The van der Waals surface area contributed by atoms with Crippen LogP contribution in [0, 0.1) is 5.92 Å². The molecule has 0 aliphatic heterocycles. The first kappa shape index (κ1) is 15.1. The number of amides is 1. The fourth-order valence-corrected chi connectivity index (χ4v) is 3.08. The van der Waals surface area contributed by atoms with Crippen LogP contribution in [-0.2, 0) is 4.79 Å². The molecule has 0 unspecified atom stereocenters. The van der Waals surface area contributed by atoms with E-state index in [-0.39, 0.29) is 11.8 Å². The summed E-state index contributed by atoms with van der Waals surface area (Å²) in [6.07, 6.45) is 7.64. The number of hydrogen-bond acceptors (Lipinski definition) is 1. The molecule has 0 aromatic heterocycles. The Labute approximate surface area is 114 Å². The SMILES string of the molecule is CCC(CCl)(CCl)NC(=O)C1CCCCCC1. The molecule has 1 aliphatic carbocycles. The van der Waals surface area contributed by atoms with Gasteiger partial charge in [-0.3, -0.25) is 4.79 Å². The predicted molar refractivity (Wildman–Crippen MR) is 73.8 cm³/mol. The Morgan fingerprint density at radius 2 is 1.71 bits per heavy atom. The van der Waals surface area contributed by atoms with Crippen LogP contribution in [0.5, 0.6) is 0 Å². The lowest BCUT2D eigenvalue weighted by Crippen LogP contribution is -2.53. The molecule has 0 bridgehead atoms. The van der Waals surface area contributed by atoms with Crippen LogP contribution in [0.25, 0.3) is 0 Å². The van der Waals surface area contributed by atoms with E-state index in [2.05, 4.69) is 5.32 Å². The number of alkyl halides is 2. The molecule has 1 saturated carbocycles. The first-order valence-corrected chi connectivity index (χ1v) is 7.68. The van der Waals surface area contributed by atoms with E-state index in [1.165, 1.54) is 25.7 Å². The van der Waals surface area contributed by atoms with E-state index < -0.39 is 5.54 Å². The average molecular weight is 280 g/mol. The normalized spacial score (nSPS) is 18.8. The van der Waals surface area contributed by atoms with Gasteiger partial charge in [0.05, 0.1) is 5.54 Å². The molecule has 2 nitrogen and oxygen atoms in total. The largest absolute Gasteiger partial charge is 0.348 e. The summed E-state index contributed by atoms with van der Waals surface area (Å²) < 4.78 is 0. The molecule has 4 heteroatoms. The first-order chi connectivity index (χ1) is 8.17. The number of hydrogen-bond donors (Lipinski definition) is 1. The molecule has 1 rings (SSSR count). The van der Waals surface area contributed by atoms with Crippen LogP contribution in [0.4, 0.5) is 0 Å². The van der Waals surface area contributed by atoms with Gasteiger partial charge in [0, 0.05) is 17.7 Å². The maximum Gasteiger partial charge on any atom is 0.223 e. The van der Waals surface area contributed by atoms with Crippen molar-refractivity contribution in [3.05, 3.63) is 0 Å². The van der Waals surface area contributed by atoms with Gasteiger partial charge in [0.15, 0.2) is 0 Å². The molecule has 0 spiro atoms. The maximum absolute atomic E-state index is 12.2. The maximum atomic E-state index is 12.2. The minimum Gasteiger partial charge on any atom is -0.348 e. The van der Waals surface area contributed by atoms with Gasteiger partial charge >= 0.3 is 0 Å². The van der Waals surface area contributed by atoms with Crippen molar-refractivity contribution in [1.29, 1.82) is 0 Å². The molecule has 1 amide bonds. The summed E-state index contributed by atoms with van der Waals surface area (Å²) in [5.74, 6) is 1.07. The third-order valence-electron chi connectivity index (χ3n) is 3.80. The van der Waals surface area contributed by atoms with Gasteiger partial charge in [-0.05, 0) is 19.3 Å². The minimum atomic E-state index is -0.424. The highest BCUT2D eigenvalue weighted by molar-refractivity contribution is 6.22. The molecule has 0 saturated heterocycles. The molecule has 0 radical (unpaired) electrons. The van der Waals surface area contributed by atoms with E-state index in [0.29, 0.717) is 11.8 Å². The standard InChI is InChI=1S/C13H23Cl2NO/c1-2-13(9-14,10-15)16-12(17)11-7-5-3-4-6-8-11/h11H,2-10H2,1H3,(H,16,17). The van der Waals surface area contributed by atoms with E-state index in [9.17, 15) is 4.79 Å². The van der Waals surface area contributed by atoms with Crippen molar-refractivity contribution in [2.24, 2.45) is 5.92 Å². The molecule has 17 heavy (non-hydrogen) atoms. The van der Waals surface area contributed by atoms with Gasteiger partial charge in [-0.15, -0.1) is 23.2 Å². The van der Waals surface area contributed by atoms with Crippen LogP contribution >= 0.6 is 23.2 Å². The van der Waals surface area contributed by atoms with Crippen LogP contribution in [0.2, 0.25) is 0 Å². The second kappa shape index (κ2) is 7.48. The minimum absolute atomic E-state index is 0.148. The fraction of sp³-hybridized carbons (Fsp3) is 0.923. The summed E-state index contributed by atoms with van der Waals surface area (Å²) >= 11 is 11.9. The number of carbonyl (C=O) groups excluding carboxylic acids is 1. The molecule has 1 aliphatic rings. The van der Waals surface area contributed by atoms with Gasteiger partial charge in [-0.2, -0.15) is 0 Å². The number of halogens is 2. The molecule has 0 atom stereocenters. The van der Waals surface area contributed by atoms with Crippen molar-refractivity contribution in [2.75, 3.05) is 11.8 Å². The summed E-state index contributed by atoms with van der Waals surface area (Å²) in [5.41, 5.74) is -0.424. The third-order valence-corrected chi connectivity index (χ3v) is 4.83. The summed E-state index contributed by atoms with van der Waals surface area (Å²) in [4.78, 5) is 12.2. The first-order valence-electron chi connectivity index (χ1n) is 6.61. The monoisotopic (exact) mass is 279 g/mol. The van der Waals surface area contributed by atoms with Gasteiger partial charge in [0.25, 0.3) is 0 Å². The quantitative estimate of drug-likeness (QED) is 0.604. The van der Waals surface area contributed by atoms with Crippen LogP contribution in [-0.4, -0.2) is 23.2 Å². The van der Waals surface area contributed by atoms with Crippen molar-refractivity contribution in [3.8, 4) is 0 Å². The van der Waals surface area contributed by atoms with Gasteiger partial charge in [-0.1, -0.05) is 32.6 Å². The zero-order valence-corrected chi connectivity index (χ0v) is 12.1. The lowest BCUT2D eigenvalue weighted by atomic mass is 9.95. The molecular weight excluding hydrogens is 257 g/mol. The van der Waals surface area contributed by atoms with Crippen LogP contribution < -0.4 is 5.32 Å². The smallest absolute Gasteiger partial charge is 0.223 e. The van der Waals surface area contributed by atoms with Crippen LogP contribution in [0.3, 0.4) is 0 Å². The number of rotatable bonds is 5. The third kappa shape index (κ3) is 4.33. The summed E-state index contributed by atoms with van der Waals surface area (Å²) in [5, 5.41) is 3.07. The highest BCUT2D eigenvalue weighted by atomic mass is 35.5. The topological polar surface area (TPSA) is 29.1 Å². The van der Waals surface area contributed by atoms with E-state index >= 15 is 0 Å². The molecule has 0 aromatic carbocycles.